The molecular weight excluding hydrogens is 337 g/mol. The van der Waals surface area contributed by atoms with E-state index >= 15 is 0 Å². The van der Waals surface area contributed by atoms with Crippen molar-refractivity contribution in [3.63, 3.8) is 0 Å². The molecule has 128 valence electrons. The number of hydrogen-bond acceptors (Lipinski definition) is 3. The Labute approximate surface area is 139 Å². The van der Waals surface area contributed by atoms with Crippen LogP contribution in [0.15, 0.2) is 41.2 Å². The van der Waals surface area contributed by atoms with Crippen LogP contribution in [0.25, 0.3) is 11.0 Å². The van der Waals surface area contributed by atoms with Crippen LogP contribution in [-0.2, 0) is 17.8 Å². The highest BCUT2D eigenvalue weighted by atomic mass is 19.2. The van der Waals surface area contributed by atoms with Crippen molar-refractivity contribution in [1.29, 1.82) is 0 Å². The third-order valence-corrected chi connectivity index (χ3v) is 3.66. The maximum absolute atomic E-state index is 13.8. The first-order valence-corrected chi connectivity index (χ1v) is 7.20. The highest BCUT2D eigenvalue weighted by molar-refractivity contribution is 5.77. The molecule has 1 heterocycles. The zero-order valence-electron chi connectivity index (χ0n) is 12.7. The van der Waals surface area contributed by atoms with Crippen molar-refractivity contribution in [2.24, 2.45) is 0 Å². The number of nitrogens with zero attached hydrogens (tertiary/aromatic N) is 2. The second-order valence-electron chi connectivity index (χ2n) is 5.37. The van der Waals surface area contributed by atoms with Gasteiger partial charge in [0.15, 0.2) is 11.6 Å². The molecule has 0 unspecified atom stereocenters. The van der Waals surface area contributed by atoms with Gasteiger partial charge in [0.2, 0.25) is 0 Å². The Morgan fingerprint density at radius 3 is 2.48 bits per heavy atom. The van der Waals surface area contributed by atoms with Crippen LogP contribution in [0.1, 0.15) is 11.3 Å². The zero-order valence-corrected chi connectivity index (χ0v) is 12.7. The summed E-state index contributed by atoms with van der Waals surface area (Å²) in [7, 11) is 0. The van der Waals surface area contributed by atoms with Crippen molar-refractivity contribution in [1.82, 2.24) is 9.55 Å². The molecule has 25 heavy (non-hydrogen) atoms. The van der Waals surface area contributed by atoms with Crippen LogP contribution < -0.4 is 5.56 Å². The lowest BCUT2D eigenvalue weighted by atomic mass is 10.1. The summed E-state index contributed by atoms with van der Waals surface area (Å²) >= 11 is 0. The first-order chi connectivity index (χ1) is 11.9. The number of rotatable bonds is 4. The standard InChI is InChI=1S/C17H11F3N2O3/c18-10-7-12(20)11(19)5-9(10)6-14-17(25)22(8-16(23)24)15-4-2-1-3-13(15)21-14/h1-5,7H,6,8H2,(H,23,24). The van der Waals surface area contributed by atoms with E-state index in [1.165, 1.54) is 6.07 Å². The number of carbonyl (C=O) groups is 1. The molecule has 8 heteroatoms. The highest BCUT2D eigenvalue weighted by Gasteiger charge is 2.16. The fraction of sp³-hybridized carbons (Fsp3) is 0.118. The summed E-state index contributed by atoms with van der Waals surface area (Å²) in [5.74, 6) is -4.83. The molecule has 0 aliphatic rings. The largest absolute Gasteiger partial charge is 0.480 e. The molecule has 0 radical (unpaired) electrons. The molecule has 2 aromatic carbocycles. The Morgan fingerprint density at radius 1 is 1.08 bits per heavy atom. The number of carboxylic acids is 1. The molecule has 3 rings (SSSR count). The van der Waals surface area contributed by atoms with E-state index in [9.17, 15) is 22.8 Å². The first kappa shape index (κ1) is 16.7. The molecule has 1 aromatic heterocycles. The SMILES string of the molecule is O=C(O)Cn1c(=O)c(Cc2cc(F)c(F)cc2F)nc2ccccc21. The van der Waals surface area contributed by atoms with E-state index in [-0.39, 0.29) is 11.3 Å². The zero-order chi connectivity index (χ0) is 18.1. The van der Waals surface area contributed by atoms with Gasteiger partial charge in [0.25, 0.3) is 5.56 Å². The minimum absolute atomic E-state index is 0.162. The van der Waals surface area contributed by atoms with Gasteiger partial charge >= 0.3 is 5.97 Å². The van der Waals surface area contributed by atoms with Crippen molar-refractivity contribution in [3.05, 3.63) is 75.5 Å². The molecule has 0 saturated heterocycles. The van der Waals surface area contributed by atoms with Gasteiger partial charge in [-0.15, -0.1) is 0 Å². The molecular formula is C17H11F3N2O3. The van der Waals surface area contributed by atoms with E-state index in [1.807, 2.05) is 0 Å². The van der Waals surface area contributed by atoms with Gasteiger partial charge in [-0.1, -0.05) is 12.1 Å². The normalized spacial score (nSPS) is 11.0. The topological polar surface area (TPSA) is 72.2 Å². The van der Waals surface area contributed by atoms with Gasteiger partial charge in [-0.3, -0.25) is 14.2 Å². The van der Waals surface area contributed by atoms with Crippen molar-refractivity contribution in [2.75, 3.05) is 0 Å². The number of carboxylic acid groups (broad SMARTS) is 1. The van der Waals surface area contributed by atoms with E-state index in [4.69, 9.17) is 5.11 Å². The van der Waals surface area contributed by atoms with Crippen LogP contribution in [0.5, 0.6) is 0 Å². The lowest BCUT2D eigenvalue weighted by Crippen LogP contribution is -2.29. The lowest BCUT2D eigenvalue weighted by molar-refractivity contribution is -0.137. The number of aromatic nitrogens is 2. The summed E-state index contributed by atoms with van der Waals surface area (Å²) in [5, 5.41) is 9.01. The van der Waals surface area contributed by atoms with Gasteiger partial charge in [-0.05, 0) is 23.8 Å². The molecule has 0 amide bonds. The number of halogens is 3. The van der Waals surface area contributed by atoms with Crippen LogP contribution >= 0.6 is 0 Å². The Hall–Kier alpha value is -3.16. The summed E-state index contributed by atoms with van der Waals surface area (Å²) in [4.78, 5) is 27.7. The summed E-state index contributed by atoms with van der Waals surface area (Å²) in [6, 6.07) is 7.42. The van der Waals surface area contributed by atoms with Crippen molar-refractivity contribution >= 4 is 17.0 Å². The van der Waals surface area contributed by atoms with E-state index in [2.05, 4.69) is 4.98 Å². The summed E-state index contributed by atoms with van der Waals surface area (Å²) in [5.41, 5.74) is -0.499. The lowest BCUT2D eigenvalue weighted by Gasteiger charge is -2.11. The maximum atomic E-state index is 13.8. The molecule has 0 saturated carbocycles. The molecule has 0 atom stereocenters. The Balaban J connectivity index is 2.17. The van der Waals surface area contributed by atoms with E-state index < -0.39 is 41.9 Å². The number of para-hydroxylation sites is 2. The molecule has 0 spiro atoms. The van der Waals surface area contributed by atoms with Gasteiger partial charge in [-0.2, -0.15) is 0 Å². The van der Waals surface area contributed by atoms with Crippen molar-refractivity contribution < 1.29 is 23.1 Å². The smallest absolute Gasteiger partial charge is 0.323 e. The van der Waals surface area contributed by atoms with Crippen molar-refractivity contribution in [3.8, 4) is 0 Å². The molecule has 0 fully saturated rings. The predicted molar refractivity (Wildman–Crippen MR) is 82.8 cm³/mol. The Morgan fingerprint density at radius 2 is 1.76 bits per heavy atom. The molecule has 1 N–H and O–H groups in total. The third kappa shape index (κ3) is 3.23. The second kappa shape index (κ2) is 6.39. The molecule has 0 aliphatic carbocycles. The summed E-state index contributed by atoms with van der Waals surface area (Å²) in [6.07, 6.45) is -0.397. The average Bonchev–Trinajstić information content (AvgIpc) is 2.56. The fourth-order valence-corrected chi connectivity index (χ4v) is 2.53. The molecule has 0 bridgehead atoms. The van der Waals surface area contributed by atoms with Crippen LogP contribution in [0, 0.1) is 17.5 Å². The van der Waals surface area contributed by atoms with Crippen LogP contribution in [0.3, 0.4) is 0 Å². The monoisotopic (exact) mass is 348 g/mol. The van der Waals surface area contributed by atoms with E-state index in [1.54, 1.807) is 18.2 Å². The van der Waals surface area contributed by atoms with Crippen LogP contribution in [0.4, 0.5) is 13.2 Å². The minimum Gasteiger partial charge on any atom is -0.480 e. The summed E-state index contributed by atoms with van der Waals surface area (Å²) in [6.45, 7) is -0.602. The van der Waals surface area contributed by atoms with E-state index in [0.29, 0.717) is 23.2 Å². The number of aliphatic carboxylic acids is 1. The number of hydrogen-bond donors (Lipinski definition) is 1. The van der Waals surface area contributed by atoms with Gasteiger partial charge in [0, 0.05) is 12.5 Å². The van der Waals surface area contributed by atoms with Crippen molar-refractivity contribution in [2.45, 2.75) is 13.0 Å². The summed E-state index contributed by atoms with van der Waals surface area (Å²) < 4.78 is 41.2. The van der Waals surface area contributed by atoms with Gasteiger partial charge in [0.05, 0.1) is 11.0 Å². The third-order valence-electron chi connectivity index (χ3n) is 3.66. The van der Waals surface area contributed by atoms with Crippen LogP contribution in [0.2, 0.25) is 0 Å². The molecule has 5 nitrogen and oxygen atoms in total. The quantitative estimate of drug-likeness (QED) is 0.736. The number of benzene rings is 2. The first-order valence-electron chi connectivity index (χ1n) is 7.20. The fourth-order valence-electron chi connectivity index (χ4n) is 2.53. The Bertz CT molecular complexity index is 1050. The predicted octanol–water partition coefficient (Wildman–Crippen LogP) is 2.49. The minimum atomic E-state index is -1.34. The maximum Gasteiger partial charge on any atom is 0.323 e. The highest BCUT2D eigenvalue weighted by Crippen LogP contribution is 2.17. The second-order valence-corrected chi connectivity index (χ2v) is 5.37. The Kier molecular flexibility index (Phi) is 4.26. The van der Waals surface area contributed by atoms with Gasteiger partial charge < -0.3 is 5.11 Å². The average molecular weight is 348 g/mol. The molecule has 3 aromatic rings. The van der Waals surface area contributed by atoms with Gasteiger partial charge in [-0.25, -0.2) is 18.2 Å². The van der Waals surface area contributed by atoms with E-state index in [0.717, 1.165) is 4.57 Å². The molecule has 0 aliphatic heterocycles. The van der Waals surface area contributed by atoms with Crippen LogP contribution in [-0.4, -0.2) is 20.6 Å². The number of fused-ring (bicyclic) bond motifs is 1. The van der Waals surface area contributed by atoms with Gasteiger partial charge in [0.1, 0.15) is 18.1 Å².